The zero-order valence-electron chi connectivity index (χ0n) is 19.8. The maximum atomic E-state index is 10.5. The Balaban J connectivity index is 1.94. The molecule has 0 spiro atoms. The molecule has 0 bridgehead atoms. The number of hydrogen-bond acceptors (Lipinski definition) is 5. The number of imidazole rings is 1. The van der Waals surface area contributed by atoms with Gasteiger partial charge in [0.15, 0.2) is 5.79 Å². The summed E-state index contributed by atoms with van der Waals surface area (Å²) in [7, 11) is 0. The Kier molecular flexibility index (Phi) is 9.09. The van der Waals surface area contributed by atoms with Crippen molar-refractivity contribution in [2.45, 2.75) is 65.1 Å². The Morgan fingerprint density at radius 2 is 1.31 bits per heavy atom. The molecule has 6 nitrogen and oxygen atoms in total. The van der Waals surface area contributed by atoms with Crippen LogP contribution in [0.3, 0.4) is 0 Å². The number of nitrogens with one attached hydrogen (secondary N) is 3. The van der Waals surface area contributed by atoms with Crippen LogP contribution in [0, 0.1) is 0 Å². The van der Waals surface area contributed by atoms with Crippen LogP contribution in [0.2, 0.25) is 0 Å². The number of para-hydroxylation sites is 2. The Labute approximate surface area is 192 Å². The van der Waals surface area contributed by atoms with Crippen LogP contribution < -0.4 is 16.0 Å². The topological polar surface area (TPSA) is 74.1 Å². The first-order chi connectivity index (χ1) is 15.6. The Morgan fingerprint density at radius 1 is 0.781 bits per heavy atom. The summed E-state index contributed by atoms with van der Waals surface area (Å²) in [5.74, 6) is -0.475. The molecule has 0 aliphatic carbocycles. The summed E-state index contributed by atoms with van der Waals surface area (Å²) in [5.41, 5.74) is 3.72. The van der Waals surface area contributed by atoms with Gasteiger partial charge in [0.2, 0.25) is 0 Å². The molecule has 0 saturated heterocycles. The van der Waals surface area contributed by atoms with E-state index in [0.717, 1.165) is 80.4 Å². The van der Waals surface area contributed by atoms with Crippen LogP contribution in [-0.4, -0.2) is 34.3 Å². The van der Waals surface area contributed by atoms with Gasteiger partial charge < -0.3 is 5.11 Å². The maximum absolute atomic E-state index is 10.5. The number of aromatic hydroxyl groups is 1. The molecule has 0 aliphatic heterocycles. The molecule has 0 aliphatic rings. The van der Waals surface area contributed by atoms with Gasteiger partial charge >= 0.3 is 0 Å². The molecule has 1 heterocycles. The smallest absolute Gasteiger partial charge is 0.299 e. The van der Waals surface area contributed by atoms with Gasteiger partial charge in [-0.1, -0.05) is 64.3 Å². The van der Waals surface area contributed by atoms with Gasteiger partial charge in [-0.15, -0.1) is 0 Å². The fourth-order valence-corrected chi connectivity index (χ4v) is 3.98. The summed E-state index contributed by atoms with van der Waals surface area (Å²) in [6.07, 6.45) is 6.83. The van der Waals surface area contributed by atoms with Crippen molar-refractivity contribution >= 4 is 11.0 Å². The molecule has 2 aromatic carbocycles. The average molecular weight is 438 g/mol. The van der Waals surface area contributed by atoms with Crippen LogP contribution in [-0.2, 0) is 5.79 Å². The zero-order chi connectivity index (χ0) is 22.8. The molecule has 0 fully saturated rings. The number of hydrogen-bond donors (Lipinski definition) is 4. The fraction of sp³-hybridized carbons (Fsp3) is 0.500. The van der Waals surface area contributed by atoms with E-state index in [1.807, 2.05) is 24.3 Å². The third-order valence-electron chi connectivity index (χ3n) is 5.86. The van der Waals surface area contributed by atoms with Gasteiger partial charge in [0.1, 0.15) is 0 Å². The van der Waals surface area contributed by atoms with Crippen LogP contribution in [0.25, 0.3) is 16.7 Å². The van der Waals surface area contributed by atoms with Crippen LogP contribution in [0.4, 0.5) is 0 Å². The zero-order valence-corrected chi connectivity index (χ0v) is 19.8. The summed E-state index contributed by atoms with van der Waals surface area (Å²) in [4.78, 5) is 4.29. The number of benzene rings is 2. The molecule has 0 amide bonds. The molecule has 3 rings (SSSR count). The standard InChI is InChI=1S/C26H39N5O/c1-4-7-18-27-26(28-19-8-5-2,29-20-9-6-3)21-14-16-22(17-15-21)31-24-13-11-10-12-23(24)30-25(31)32/h10-17,27-29H,4-9,18-20H2,1-3H3,(H,30,32). The minimum atomic E-state index is -0.475. The van der Waals surface area contributed by atoms with Gasteiger partial charge in [-0.3, -0.25) is 20.5 Å². The number of rotatable bonds is 14. The van der Waals surface area contributed by atoms with Crippen molar-refractivity contribution in [2.24, 2.45) is 0 Å². The Hall–Kier alpha value is -2.41. The average Bonchev–Trinajstić information content (AvgIpc) is 3.15. The predicted molar refractivity (Wildman–Crippen MR) is 133 cm³/mol. The van der Waals surface area contributed by atoms with Gasteiger partial charge in [-0.2, -0.15) is 4.98 Å². The number of fused-ring (bicyclic) bond motifs is 1. The third kappa shape index (κ3) is 5.68. The summed E-state index contributed by atoms with van der Waals surface area (Å²) >= 11 is 0. The Morgan fingerprint density at radius 3 is 1.84 bits per heavy atom. The highest BCUT2D eigenvalue weighted by molar-refractivity contribution is 5.78. The summed E-state index contributed by atoms with van der Waals surface area (Å²) in [6.45, 7) is 9.45. The SMILES string of the molecule is CCCCNC(NCCCC)(NCCCC)c1ccc(-n2c(O)nc3ccccc32)cc1. The summed E-state index contributed by atoms with van der Waals surface area (Å²) in [6, 6.07) is 16.2. The first-order valence-electron chi connectivity index (χ1n) is 12.2. The van der Waals surface area contributed by atoms with E-state index >= 15 is 0 Å². The second kappa shape index (κ2) is 12.0. The van der Waals surface area contributed by atoms with E-state index in [1.54, 1.807) is 4.57 Å². The van der Waals surface area contributed by atoms with Crippen LogP contribution in [0.15, 0.2) is 48.5 Å². The van der Waals surface area contributed by atoms with E-state index < -0.39 is 5.79 Å². The first kappa shape index (κ1) is 24.2. The van der Waals surface area contributed by atoms with E-state index in [-0.39, 0.29) is 6.01 Å². The molecular weight excluding hydrogens is 398 g/mol. The molecule has 0 radical (unpaired) electrons. The minimum Gasteiger partial charge on any atom is -0.480 e. The van der Waals surface area contributed by atoms with Gasteiger partial charge in [-0.05, 0) is 63.2 Å². The first-order valence-corrected chi connectivity index (χ1v) is 12.2. The van der Waals surface area contributed by atoms with Gasteiger partial charge in [0.25, 0.3) is 6.01 Å². The largest absolute Gasteiger partial charge is 0.480 e. The van der Waals surface area contributed by atoms with Crippen molar-refractivity contribution in [1.82, 2.24) is 25.5 Å². The maximum Gasteiger partial charge on any atom is 0.299 e. The number of unbranched alkanes of at least 4 members (excludes halogenated alkanes) is 3. The van der Waals surface area contributed by atoms with E-state index in [0.29, 0.717) is 0 Å². The third-order valence-corrected chi connectivity index (χ3v) is 5.86. The van der Waals surface area contributed by atoms with Gasteiger partial charge in [0, 0.05) is 5.56 Å². The van der Waals surface area contributed by atoms with Crippen LogP contribution in [0.5, 0.6) is 6.01 Å². The van der Waals surface area contributed by atoms with Crippen LogP contribution in [0.1, 0.15) is 64.9 Å². The van der Waals surface area contributed by atoms with Crippen molar-refractivity contribution in [1.29, 1.82) is 0 Å². The lowest BCUT2D eigenvalue weighted by atomic mass is 10.0. The Bertz CT molecular complexity index is 924. The van der Waals surface area contributed by atoms with Crippen molar-refractivity contribution in [3.8, 4) is 11.7 Å². The lowest BCUT2D eigenvalue weighted by molar-refractivity contribution is 0.196. The van der Waals surface area contributed by atoms with Crippen molar-refractivity contribution < 1.29 is 5.11 Å². The summed E-state index contributed by atoms with van der Waals surface area (Å²) in [5, 5.41) is 21.8. The minimum absolute atomic E-state index is 0.00780. The molecule has 3 aromatic rings. The highest BCUT2D eigenvalue weighted by atomic mass is 16.3. The second-order valence-electron chi connectivity index (χ2n) is 8.37. The molecule has 32 heavy (non-hydrogen) atoms. The van der Waals surface area contributed by atoms with E-state index in [1.165, 1.54) is 0 Å². The van der Waals surface area contributed by atoms with Gasteiger partial charge in [0.05, 0.1) is 16.7 Å². The molecule has 0 atom stereocenters. The van der Waals surface area contributed by atoms with E-state index in [9.17, 15) is 5.11 Å². The van der Waals surface area contributed by atoms with Crippen molar-refractivity contribution in [3.05, 3.63) is 54.1 Å². The number of nitrogens with zero attached hydrogens (tertiary/aromatic N) is 2. The van der Waals surface area contributed by atoms with E-state index in [2.05, 4.69) is 66.0 Å². The molecule has 1 aromatic heterocycles. The predicted octanol–water partition coefficient (Wildman–Crippen LogP) is 5.01. The second-order valence-corrected chi connectivity index (χ2v) is 8.37. The molecule has 4 N–H and O–H groups in total. The van der Waals surface area contributed by atoms with Crippen molar-refractivity contribution in [2.75, 3.05) is 19.6 Å². The normalized spacial score (nSPS) is 12.0. The van der Waals surface area contributed by atoms with Crippen molar-refractivity contribution in [3.63, 3.8) is 0 Å². The summed E-state index contributed by atoms with van der Waals surface area (Å²) < 4.78 is 1.79. The highest BCUT2D eigenvalue weighted by Gasteiger charge is 2.30. The molecular formula is C26H39N5O. The lowest BCUT2D eigenvalue weighted by Gasteiger charge is -2.38. The fourth-order valence-electron chi connectivity index (χ4n) is 3.98. The molecule has 0 unspecified atom stereocenters. The van der Waals surface area contributed by atoms with E-state index in [4.69, 9.17) is 0 Å². The molecule has 6 heteroatoms. The number of aromatic nitrogens is 2. The van der Waals surface area contributed by atoms with Gasteiger partial charge in [-0.25, -0.2) is 0 Å². The highest BCUT2D eigenvalue weighted by Crippen LogP contribution is 2.26. The monoisotopic (exact) mass is 437 g/mol. The lowest BCUT2D eigenvalue weighted by Crippen LogP contribution is -2.64. The quantitative estimate of drug-likeness (QED) is 0.211. The molecule has 174 valence electrons. The molecule has 0 saturated carbocycles. The van der Waals surface area contributed by atoms with Crippen LogP contribution >= 0.6 is 0 Å².